The van der Waals surface area contributed by atoms with Gasteiger partial charge >= 0.3 is 11.9 Å². The number of rotatable bonds is 8. The van der Waals surface area contributed by atoms with E-state index in [9.17, 15) is 19.5 Å². The lowest BCUT2D eigenvalue weighted by Crippen LogP contribution is -2.66. The van der Waals surface area contributed by atoms with Gasteiger partial charge in [0.25, 0.3) is 0 Å². The quantitative estimate of drug-likeness (QED) is 0.255. The van der Waals surface area contributed by atoms with Gasteiger partial charge in [0.1, 0.15) is 6.10 Å². The minimum Gasteiger partial charge on any atom is -0.481 e. The first kappa shape index (κ1) is 37.6. The zero-order valence-electron chi connectivity index (χ0n) is 33.2. The SMILES string of the molecule is CC(C)(CC(=O)O)CC(=O)O[C@H]1CC[C@@]2(C)C(CC[C@]3(C)C2CC[C@@H]2[C@H]4CCC[C@]4(CC(=O)N4CC[C@@H](N5CCOCC5)C4)CC[C@]23C)C1(C)C. The molecule has 0 radical (unpaired) electrons. The molecule has 10 atom stereocenters. The largest absolute Gasteiger partial charge is 0.481 e. The van der Waals surface area contributed by atoms with Crippen molar-refractivity contribution in [3.63, 3.8) is 0 Å². The number of amides is 1. The fourth-order valence-corrected chi connectivity index (χ4v) is 14.9. The Morgan fingerprint density at radius 2 is 1.53 bits per heavy atom. The Hall–Kier alpha value is -1.67. The van der Waals surface area contributed by atoms with Gasteiger partial charge < -0.3 is 19.5 Å². The van der Waals surface area contributed by atoms with Gasteiger partial charge in [0, 0.05) is 44.1 Å². The molecule has 7 fully saturated rings. The van der Waals surface area contributed by atoms with E-state index < -0.39 is 11.4 Å². The lowest BCUT2D eigenvalue weighted by atomic mass is 9.32. The molecule has 7 rings (SSSR count). The van der Waals surface area contributed by atoms with Gasteiger partial charge in [0.2, 0.25) is 5.91 Å². The van der Waals surface area contributed by atoms with E-state index in [0.717, 1.165) is 65.1 Å². The van der Waals surface area contributed by atoms with Crippen molar-refractivity contribution in [1.29, 1.82) is 0 Å². The molecule has 0 aromatic rings. The Morgan fingerprint density at radius 1 is 0.784 bits per heavy atom. The second-order valence-corrected chi connectivity index (χ2v) is 20.9. The van der Waals surface area contributed by atoms with Crippen molar-refractivity contribution in [2.45, 2.75) is 157 Å². The summed E-state index contributed by atoms with van der Waals surface area (Å²) in [5, 5.41) is 9.34. The van der Waals surface area contributed by atoms with Gasteiger partial charge in [-0.2, -0.15) is 0 Å². The van der Waals surface area contributed by atoms with Crippen molar-refractivity contribution in [1.82, 2.24) is 9.80 Å². The summed E-state index contributed by atoms with van der Waals surface area (Å²) in [5.41, 5.74) is 0.170. The van der Waals surface area contributed by atoms with Crippen LogP contribution < -0.4 is 0 Å². The van der Waals surface area contributed by atoms with Gasteiger partial charge in [-0.15, -0.1) is 0 Å². The van der Waals surface area contributed by atoms with Gasteiger partial charge in [-0.05, 0) is 121 Å². The monoisotopic (exact) mass is 711 g/mol. The highest BCUT2D eigenvalue weighted by Crippen LogP contribution is 2.77. The zero-order valence-corrected chi connectivity index (χ0v) is 33.2. The first-order chi connectivity index (χ1) is 23.9. The summed E-state index contributed by atoms with van der Waals surface area (Å²) < 4.78 is 11.9. The molecule has 8 nitrogen and oxygen atoms in total. The minimum atomic E-state index is -0.875. The summed E-state index contributed by atoms with van der Waals surface area (Å²) in [6, 6.07) is 0.499. The number of fused-ring (bicyclic) bond motifs is 7. The number of carboxylic acid groups (broad SMARTS) is 1. The second kappa shape index (κ2) is 13.3. The normalized spacial score (nSPS) is 43.8. The molecule has 0 aromatic heterocycles. The van der Waals surface area contributed by atoms with Crippen LogP contribution in [0.15, 0.2) is 0 Å². The third-order valence-corrected chi connectivity index (χ3v) is 17.6. The highest BCUT2D eigenvalue weighted by atomic mass is 16.5. The van der Waals surface area contributed by atoms with Gasteiger partial charge in [-0.1, -0.05) is 54.9 Å². The first-order valence-corrected chi connectivity index (χ1v) is 21.0. The summed E-state index contributed by atoms with van der Waals surface area (Å²) in [6.45, 7) is 21.8. The van der Waals surface area contributed by atoms with Crippen LogP contribution >= 0.6 is 0 Å². The van der Waals surface area contributed by atoms with E-state index in [1.165, 1.54) is 57.8 Å². The molecule has 2 unspecified atom stereocenters. The molecule has 51 heavy (non-hydrogen) atoms. The predicted molar refractivity (Wildman–Crippen MR) is 198 cm³/mol. The maximum absolute atomic E-state index is 14.1. The van der Waals surface area contributed by atoms with E-state index in [-0.39, 0.29) is 52.0 Å². The van der Waals surface area contributed by atoms with Crippen LogP contribution in [-0.2, 0) is 23.9 Å². The molecule has 5 aliphatic carbocycles. The van der Waals surface area contributed by atoms with Crippen LogP contribution in [0.3, 0.4) is 0 Å². The number of aliphatic carboxylic acids is 1. The number of esters is 1. The van der Waals surface area contributed by atoms with Gasteiger partial charge in [-0.3, -0.25) is 19.3 Å². The molecule has 0 spiro atoms. The number of likely N-dealkylation sites (tertiary alicyclic amines) is 1. The van der Waals surface area contributed by atoms with Crippen LogP contribution in [-0.4, -0.2) is 84.3 Å². The van der Waals surface area contributed by atoms with E-state index in [4.69, 9.17) is 9.47 Å². The standard InChI is InChI=1S/C43H70N2O6/c1-38(2,26-36(47)48)27-37(49)51-34-13-16-40(5)32(39(34,3)4)12-17-42(7)33(40)11-10-30-31-9-8-15-43(31,19-18-41(30,42)6)25-35(46)45-20-14-29(28-45)44-21-23-50-24-22-44/h29-34H,8-28H2,1-7H3,(H,47,48)/t29-,30-,31-,32?,33?,34+,40+,41-,42-,43-/m1/s1. The highest BCUT2D eigenvalue weighted by molar-refractivity contribution is 5.77. The summed E-state index contributed by atoms with van der Waals surface area (Å²) in [5.74, 6) is 1.79. The van der Waals surface area contributed by atoms with E-state index in [0.29, 0.717) is 35.6 Å². The van der Waals surface area contributed by atoms with Gasteiger partial charge in [-0.25, -0.2) is 0 Å². The molecule has 1 amide bonds. The summed E-state index contributed by atoms with van der Waals surface area (Å²) in [4.78, 5) is 43.5. The van der Waals surface area contributed by atoms with Crippen molar-refractivity contribution >= 4 is 17.8 Å². The number of hydrogen-bond acceptors (Lipinski definition) is 6. The molecular formula is C43H70N2O6. The van der Waals surface area contributed by atoms with Crippen LogP contribution in [0.2, 0.25) is 0 Å². The van der Waals surface area contributed by atoms with Crippen LogP contribution in [0.4, 0.5) is 0 Å². The fraction of sp³-hybridized carbons (Fsp3) is 0.930. The van der Waals surface area contributed by atoms with Crippen molar-refractivity contribution in [2.24, 2.45) is 56.2 Å². The topological polar surface area (TPSA) is 96.4 Å². The maximum Gasteiger partial charge on any atom is 0.306 e. The number of nitrogens with zero attached hydrogens (tertiary/aromatic N) is 2. The molecule has 288 valence electrons. The Morgan fingerprint density at radius 3 is 2.25 bits per heavy atom. The molecule has 5 saturated carbocycles. The molecule has 7 aliphatic rings. The summed E-state index contributed by atoms with van der Waals surface area (Å²) >= 11 is 0. The molecular weight excluding hydrogens is 640 g/mol. The first-order valence-electron chi connectivity index (χ1n) is 21.0. The molecule has 2 aliphatic heterocycles. The van der Waals surface area contributed by atoms with E-state index >= 15 is 0 Å². The molecule has 8 heteroatoms. The Bertz CT molecular complexity index is 1360. The minimum absolute atomic E-state index is 0.0383. The summed E-state index contributed by atoms with van der Waals surface area (Å²) in [7, 11) is 0. The number of carbonyl (C=O) groups excluding carboxylic acids is 2. The molecule has 1 N–H and O–H groups in total. The zero-order chi connectivity index (χ0) is 36.6. The predicted octanol–water partition coefficient (Wildman–Crippen LogP) is 7.97. The average molecular weight is 711 g/mol. The van der Waals surface area contributed by atoms with E-state index in [1.54, 1.807) is 0 Å². The van der Waals surface area contributed by atoms with Crippen LogP contribution in [0, 0.1) is 56.2 Å². The number of hydrogen-bond donors (Lipinski definition) is 1. The van der Waals surface area contributed by atoms with E-state index in [1.807, 2.05) is 13.8 Å². The summed E-state index contributed by atoms with van der Waals surface area (Å²) in [6.07, 6.45) is 15.1. The maximum atomic E-state index is 14.1. The Labute approximate surface area is 308 Å². The molecule has 2 heterocycles. The lowest BCUT2D eigenvalue weighted by molar-refractivity contribution is -0.248. The smallest absolute Gasteiger partial charge is 0.306 e. The Balaban J connectivity index is 1.04. The van der Waals surface area contributed by atoms with Gasteiger partial charge in [0.05, 0.1) is 26.1 Å². The molecule has 2 saturated heterocycles. The van der Waals surface area contributed by atoms with Crippen molar-refractivity contribution in [3.8, 4) is 0 Å². The van der Waals surface area contributed by atoms with Crippen LogP contribution in [0.5, 0.6) is 0 Å². The van der Waals surface area contributed by atoms with Crippen LogP contribution in [0.25, 0.3) is 0 Å². The number of morpholine rings is 1. The van der Waals surface area contributed by atoms with Crippen LogP contribution in [0.1, 0.15) is 145 Å². The van der Waals surface area contributed by atoms with Crippen molar-refractivity contribution in [2.75, 3.05) is 39.4 Å². The number of carbonyl (C=O) groups is 3. The second-order valence-electron chi connectivity index (χ2n) is 20.9. The Kier molecular flexibility index (Phi) is 9.79. The fourth-order valence-electron chi connectivity index (χ4n) is 14.9. The third-order valence-electron chi connectivity index (χ3n) is 17.6. The lowest BCUT2D eigenvalue weighted by Gasteiger charge is -2.72. The average Bonchev–Trinajstić information content (AvgIpc) is 3.71. The highest BCUT2D eigenvalue weighted by Gasteiger charge is 2.70. The molecule has 0 aromatic carbocycles. The van der Waals surface area contributed by atoms with Crippen molar-refractivity contribution < 1.29 is 29.0 Å². The molecule has 0 bridgehead atoms. The third kappa shape index (κ3) is 6.30. The number of carboxylic acids is 1. The number of ether oxygens (including phenoxy) is 2. The van der Waals surface area contributed by atoms with Gasteiger partial charge in [0.15, 0.2) is 0 Å². The van der Waals surface area contributed by atoms with E-state index in [2.05, 4.69) is 44.4 Å². The van der Waals surface area contributed by atoms with Crippen molar-refractivity contribution in [3.05, 3.63) is 0 Å².